The summed E-state index contributed by atoms with van der Waals surface area (Å²) in [5.74, 6) is -0.288. The third kappa shape index (κ3) is 38.2. The number of nitrogens with one attached hydrogen (secondary N) is 1. The first kappa shape index (κ1) is 86.7. The van der Waals surface area contributed by atoms with Crippen molar-refractivity contribution in [2.24, 2.45) is 0 Å². The van der Waals surface area contributed by atoms with Crippen molar-refractivity contribution in [3.63, 3.8) is 0 Å². The molecule has 0 bridgehead atoms. The summed E-state index contributed by atoms with van der Waals surface area (Å²) in [6.45, 7) is 1.73. The Morgan fingerprint density at radius 1 is 0.379 bits per heavy atom. The maximum absolute atomic E-state index is 13.4. The number of allylic oxidation sites excluding steroid dienone is 9. The molecule has 0 radical (unpaired) electrons. The van der Waals surface area contributed by atoms with Gasteiger partial charge in [-0.05, 0) is 70.6 Å². The largest absolute Gasteiger partial charge is 0.394 e. The molecule has 19 nitrogen and oxygen atoms in total. The first-order valence-electron chi connectivity index (χ1n) is 38.0. The number of amides is 1. The van der Waals surface area contributed by atoms with Crippen LogP contribution in [0.5, 0.6) is 0 Å². The number of ether oxygens (including phenoxy) is 6. The number of hydrogen-bond donors (Lipinski definition) is 12. The lowest BCUT2D eigenvalue weighted by atomic mass is 9.96. The van der Waals surface area contributed by atoms with E-state index in [0.717, 1.165) is 64.2 Å². The minimum absolute atomic E-state index is 0.229. The van der Waals surface area contributed by atoms with Gasteiger partial charge >= 0.3 is 0 Å². The molecule has 3 rings (SSSR count). The van der Waals surface area contributed by atoms with Gasteiger partial charge in [0.25, 0.3) is 0 Å². The van der Waals surface area contributed by atoms with E-state index >= 15 is 0 Å². The smallest absolute Gasteiger partial charge is 0.220 e. The standard InChI is InChI=1S/C76H137NO18/c1-3-5-7-9-11-13-15-17-19-21-23-25-27-29-31-33-35-37-39-41-43-45-47-49-51-53-60(81)59(77-64(82)54-52-50-48-46-44-42-40-38-36-34-32-30-28-26-24-22-20-18-16-14-12-10-8-6-4-2)58-90-74-70(88)67(85)72(62(56-79)92-74)95-76-71(89)68(86)73(63(57-80)93-76)94-75-69(87)66(84)65(83)61(55-78)91-75/h16,18,22,24,28,30,43,45,51,53,59-63,65-76,78-81,83-89H,3-15,17,19-21,23,25-27,29,31-42,44,46-50,52,54-58H2,1-2H3,(H,77,82)/b18-16-,24-22-,30-28-,45-43+,53-51+. The quantitative estimate of drug-likeness (QED) is 0.0199. The fraction of sp³-hybridized carbons (Fsp3) is 0.855. The first-order chi connectivity index (χ1) is 46.3. The Kier molecular flexibility index (Phi) is 52.2. The van der Waals surface area contributed by atoms with Crippen molar-refractivity contribution in [2.45, 2.75) is 388 Å². The Hall–Kier alpha value is -2.51. The van der Waals surface area contributed by atoms with Gasteiger partial charge in [0.15, 0.2) is 18.9 Å². The average Bonchev–Trinajstić information content (AvgIpc) is 0.787. The normalized spacial score (nSPS) is 27.5. The maximum atomic E-state index is 13.4. The molecule has 0 saturated carbocycles. The van der Waals surface area contributed by atoms with Gasteiger partial charge in [-0.2, -0.15) is 0 Å². The molecule has 3 saturated heterocycles. The Bertz CT molecular complexity index is 1950. The number of unbranched alkanes of at least 4 members (excludes halogenated alkanes) is 35. The summed E-state index contributed by atoms with van der Waals surface area (Å²) in [5.41, 5.74) is 0. The van der Waals surface area contributed by atoms with Gasteiger partial charge in [0.05, 0.1) is 38.6 Å². The highest BCUT2D eigenvalue weighted by atomic mass is 16.8. The second-order valence-electron chi connectivity index (χ2n) is 27.1. The highest BCUT2D eigenvalue weighted by molar-refractivity contribution is 5.76. The van der Waals surface area contributed by atoms with Crippen LogP contribution in [0, 0.1) is 0 Å². The summed E-state index contributed by atoms with van der Waals surface area (Å²) in [7, 11) is 0. The molecule has 0 spiro atoms. The Morgan fingerprint density at radius 2 is 0.705 bits per heavy atom. The summed E-state index contributed by atoms with van der Waals surface area (Å²) >= 11 is 0. The minimum Gasteiger partial charge on any atom is -0.394 e. The van der Waals surface area contributed by atoms with Crippen LogP contribution in [0.2, 0.25) is 0 Å². The molecule has 0 aromatic rings. The van der Waals surface area contributed by atoms with E-state index in [2.05, 4.69) is 67.8 Å². The van der Waals surface area contributed by atoms with E-state index in [4.69, 9.17) is 28.4 Å². The molecular formula is C76H137NO18. The van der Waals surface area contributed by atoms with Crippen LogP contribution in [0.1, 0.15) is 284 Å². The number of aliphatic hydroxyl groups is 11. The zero-order valence-electron chi connectivity index (χ0n) is 58.9. The molecule has 3 fully saturated rings. The van der Waals surface area contributed by atoms with Crippen LogP contribution in [-0.4, -0.2) is 193 Å². The van der Waals surface area contributed by atoms with E-state index in [1.807, 2.05) is 6.08 Å². The summed E-state index contributed by atoms with van der Waals surface area (Å²) in [6, 6.07) is -0.996. The van der Waals surface area contributed by atoms with Crippen molar-refractivity contribution in [2.75, 3.05) is 26.4 Å². The number of rotatable bonds is 59. The molecule has 1 amide bonds. The van der Waals surface area contributed by atoms with Crippen LogP contribution in [0.25, 0.3) is 0 Å². The summed E-state index contributed by atoms with van der Waals surface area (Å²) in [4.78, 5) is 13.4. The summed E-state index contributed by atoms with van der Waals surface area (Å²) < 4.78 is 34.4. The predicted molar refractivity (Wildman–Crippen MR) is 374 cm³/mol. The lowest BCUT2D eigenvalue weighted by Gasteiger charge is -2.48. The average molecular weight is 1350 g/mol. The van der Waals surface area contributed by atoms with Crippen molar-refractivity contribution < 1.29 is 89.4 Å². The third-order valence-electron chi connectivity index (χ3n) is 18.8. The lowest BCUT2D eigenvalue weighted by molar-refractivity contribution is -0.379. The molecule has 95 heavy (non-hydrogen) atoms. The molecule has 3 heterocycles. The van der Waals surface area contributed by atoms with Crippen LogP contribution in [0.3, 0.4) is 0 Å². The van der Waals surface area contributed by atoms with Gasteiger partial charge in [-0.25, -0.2) is 0 Å². The van der Waals surface area contributed by atoms with Gasteiger partial charge in [-0.3, -0.25) is 4.79 Å². The zero-order valence-corrected chi connectivity index (χ0v) is 58.9. The van der Waals surface area contributed by atoms with Crippen molar-refractivity contribution in [3.8, 4) is 0 Å². The van der Waals surface area contributed by atoms with E-state index in [1.54, 1.807) is 6.08 Å². The second kappa shape index (κ2) is 57.2. The van der Waals surface area contributed by atoms with Crippen LogP contribution < -0.4 is 5.32 Å². The van der Waals surface area contributed by atoms with Gasteiger partial charge < -0.3 is 89.9 Å². The highest BCUT2D eigenvalue weighted by Gasteiger charge is 2.53. The predicted octanol–water partition coefficient (Wildman–Crippen LogP) is 11.5. The van der Waals surface area contributed by atoms with Crippen molar-refractivity contribution >= 4 is 5.91 Å². The third-order valence-corrected chi connectivity index (χ3v) is 18.8. The molecule has 554 valence electrons. The number of aliphatic hydroxyl groups excluding tert-OH is 11. The van der Waals surface area contributed by atoms with Gasteiger partial charge in [-0.1, -0.05) is 267 Å². The maximum Gasteiger partial charge on any atom is 0.220 e. The zero-order chi connectivity index (χ0) is 68.9. The molecule has 0 aromatic carbocycles. The fourth-order valence-electron chi connectivity index (χ4n) is 12.6. The van der Waals surface area contributed by atoms with Crippen LogP contribution in [0.15, 0.2) is 60.8 Å². The molecule has 0 aromatic heterocycles. The SMILES string of the molecule is CCCCCCC/C=C\C/C=C\C/C=C\CCCCCCCCCCCCC(=O)NC(COC1OC(CO)C(OC2OC(CO)C(OC3OC(CO)C(O)C(O)C3O)C(O)C2O)C(O)C1O)C(O)/C=C/CC/C=C/CCCCCCCCCCCCCCCCCCCCC. The summed E-state index contributed by atoms with van der Waals surface area (Å²) in [5, 5.41) is 121. The van der Waals surface area contributed by atoms with Gasteiger partial charge in [0.1, 0.15) is 73.2 Å². The molecule has 12 N–H and O–H groups in total. The Labute approximate surface area is 573 Å². The molecule has 17 unspecified atom stereocenters. The first-order valence-corrected chi connectivity index (χ1v) is 38.0. The molecule has 3 aliphatic heterocycles. The van der Waals surface area contributed by atoms with Gasteiger partial charge in [0, 0.05) is 6.42 Å². The summed E-state index contributed by atoms with van der Waals surface area (Å²) in [6.07, 6.45) is 44.8. The molecule has 17 atom stereocenters. The lowest BCUT2D eigenvalue weighted by Crippen LogP contribution is -2.66. The fourth-order valence-corrected chi connectivity index (χ4v) is 12.6. The number of carbonyl (C=O) groups excluding carboxylic acids is 1. The van der Waals surface area contributed by atoms with Crippen LogP contribution in [-0.2, 0) is 33.2 Å². The highest BCUT2D eigenvalue weighted by Crippen LogP contribution is 2.33. The monoisotopic (exact) mass is 1350 g/mol. The van der Waals surface area contributed by atoms with E-state index in [-0.39, 0.29) is 18.9 Å². The Balaban J connectivity index is 1.42. The van der Waals surface area contributed by atoms with E-state index in [0.29, 0.717) is 12.8 Å². The minimum atomic E-state index is -1.98. The van der Waals surface area contributed by atoms with Crippen LogP contribution in [0.4, 0.5) is 0 Å². The van der Waals surface area contributed by atoms with Gasteiger partial charge in [-0.15, -0.1) is 0 Å². The second-order valence-corrected chi connectivity index (χ2v) is 27.1. The van der Waals surface area contributed by atoms with Crippen molar-refractivity contribution in [3.05, 3.63) is 60.8 Å². The van der Waals surface area contributed by atoms with E-state index in [9.17, 15) is 61.0 Å². The Morgan fingerprint density at radius 3 is 1.13 bits per heavy atom. The molecule has 0 aliphatic carbocycles. The number of carbonyl (C=O) groups is 1. The van der Waals surface area contributed by atoms with Gasteiger partial charge in [0.2, 0.25) is 5.91 Å². The topological polar surface area (TPSA) is 307 Å². The molecule has 3 aliphatic rings. The number of hydrogen-bond acceptors (Lipinski definition) is 18. The van der Waals surface area contributed by atoms with Crippen molar-refractivity contribution in [1.82, 2.24) is 5.32 Å². The molecule has 19 heteroatoms. The van der Waals surface area contributed by atoms with E-state index in [1.165, 1.54) is 186 Å². The van der Waals surface area contributed by atoms with E-state index < -0.39 is 124 Å². The molecular weight excluding hydrogens is 1210 g/mol. The van der Waals surface area contributed by atoms with Crippen molar-refractivity contribution in [1.29, 1.82) is 0 Å². The van der Waals surface area contributed by atoms with Crippen LogP contribution >= 0.6 is 0 Å².